The van der Waals surface area contributed by atoms with E-state index in [4.69, 9.17) is 9.47 Å². The van der Waals surface area contributed by atoms with Gasteiger partial charge < -0.3 is 14.8 Å². The van der Waals surface area contributed by atoms with E-state index in [2.05, 4.69) is 40.0 Å². The first-order chi connectivity index (χ1) is 7.17. The minimum absolute atomic E-state index is 0.109. The van der Waals surface area contributed by atoms with Crippen LogP contribution in [0.25, 0.3) is 0 Å². The lowest BCUT2D eigenvalue weighted by Gasteiger charge is -2.23. The highest BCUT2D eigenvalue weighted by molar-refractivity contribution is 14.1. The second kappa shape index (κ2) is 6.30. The summed E-state index contributed by atoms with van der Waals surface area (Å²) in [5.41, 5.74) is 1.08. The van der Waals surface area contributed by atoms with E-state index in [0.29, 0.717) is 0 Å². The quantitative estimate of drug-likeness (QED) is 0.668. The number of methoxy groups -OCH3 is 2. The van der Waals surface area contributed by atoms with Gasteiger partial charge in [-0.3, -0.25) is 0 Å². The Kier molecular flexibility index (Phi) is 5.35. The van der Waals surface area contributed by atoms with Crippen molar-refractivity contribution in [2.45, 2.75) is 19.3 Å². The fourth-order valence-corrected chi connectivity index (χ4v) is 1.96. The highest BCUT2D eigenvalue weighted by Gasteiger charge is 2.14. The summed E-state index contributed by atoms with van der Waals surface area (Å²) >= 11 is 2.29. The van der Waals surface area contributed by atoms with Gasteiger partial charge in [0.2, 0.25) is 0 Å². The number of halogens is 1. The van der Waals surface area contributed by atoms with Crippen molar-refractivity contribution in [3.05, 3.63) is 27.8 Å². The summed E-state index contributed by atoms with van der Waals surface area (Å²) in [5, 5.41) is 3.33. The second-order valence-electron chi connectivity index (χ2n) is 3.28. The molecular formula is C11H16INO2. The molecule has 0 bridgehead atoms. The molecular weight excluding hydrogens is 305 g/mol. The molecule has 1 atom stereocenters. The molecule has 0 aliphatic heterocycles. The number of hydrogen-bond acceptors (Lipinski definition) is 3. The van der Waals surface area contributed by atoms with Gasteiger partial charge in [-0.2, -0.15) is 0 Å². The van der Waals surface area contributed by atoms with Crippen molar-refractivity contribution in [3.8, 4) is 0 Å². The van der Waals surface area contributed by atoms with Crippen molar-refractivity contribution < 1.29 is 9.47 Å². The summed E-state index contributed by atoms with van der Waals surface area (Å²) in [4.78, 5) is 0. The van der Waals surface area contributed by atoms with Crippen molar-refractivity contribution >= 4 is 28.3 Å². The molecule has 0 saturated carbocycles. The third-order valence-electron chi connectivity index (χ3n) is 2.09. The molecule has 0 heterocycles. The molecule has 0 aromatic heterocycles. The molecule has 1 N–H and O–H groups in total. The molecule has 4 heteroatoms. The summed E-state index contributed by atoms with van der Waals surface area (Å²) < 4.78 is 11.6. The summed E-state index contributed by atoms with van der Waals surface area (Å²) in [6.07, 6.45) is -0.233. The van der Waals surface area contributed by atoms with Gasteiger partial charge in [-0.25, -0.2) is 0 Å². The van der Waals surface area contributed by atoms with Crippen LogP contribution in [0, 0.1) is 3.57 Å². The van der Waals surface area contributed by atoms with Crippen LogP contribution in [-0.4, -0.2) is 26.6 Å². The molecule has 1 unspecified atom stereocenters. The van der Waals surface area contributed by atoms with Crippen LogP contribution in [0.15, 0.2) is 24.3 Å². The number of benzene rings is 1. The molecule has 0 amide bonds. The van der Waals surface area contributed by atoms with Crippen molar-refractivity contribution in [1.82, 2.24) is 0 Å². The van der Waals surface area contributed by atoms with Crippen LogP contribution in [0.2, 0.25) is 0 Å². The third-order valence-corrected chi connectivity index (χ3v) is 2.76. The SMILES string of the molecule is COC(OC)C(C)Nc1cccc(I)c1. The number of rotatable bonds is 5. The number of nitrogens with one attached hydrogen (secondary N) is 1. The summed E-state index contributed by atoms with van der Waals surface area (Å²) in [7, 11) is 3.28. The second-order valence-corrected chi connectivity index (χ2v) is 4.53. The van der Waals surface area contributed by atoms with Crippen LogP contribution in [-0.2, 0) is 9.47 Å². The van der Waals surface area contributed by atoms with E-state index in [-0.39, 0.29) is 12.3 Å². The zero-order valence-corrected chi connectivity index (χ0v) is 11.3. The fraction of sp³-hybridized carbons (Fsp3) is 0.455. The molecule has 3 nitrogen and oxygen atoms in total. The van der Waals surface area contributed by atoms with Gasteiger partial charge in [0.05, 0.1) is 6.04 Å². The van der Waals surface area contributed by atoms with Crippen LogP contribution in [0.3, 0.4) is 0 Å². The smallest absolute Gasteiger partial charge is 0.176 e. The lowest BCUT2D eigenvalue weighted by atomic mass is 10.2. The largest absolute Gasteiger partial charge is 0.377 e. The first-order valence-corrected chi connectivity index (χ1v) is 5.83. The van der Waals surface area contributed by atoms with Gasteiger partial charge in [0, 0.05) is 23.5 Å². The molecule has 1 aromatic rings. The van der Waals surface area contributed by atoms with E-state index < -0.39 is 0 Å². The average molecular weight is 321 g/mol. The number of ether oxygens (including phenoxy) is 2. The van der Waals surface area contributed by atoms with Crippen molar-refractivity contribution in [1.29, 1.82) is 0 Å². The van der Waals surface area contributed by atoms with Crippen LogP contribution >= 0.6 is 22.6 Å². The highest BCUT2D eigenvalue weighted by atomic mass is 127. The zero-order valence-electron chi connectivity index (χ0n) is 9.16. The Morgan fingerprint density at radius 3 is 2.47 bits per heavy atom. The molecule has 0 fully saturated rings. The maximum Gasteiger partial charge on any atom is 0.176 e. The predicted octanol–water partition coefficient (Wildman–Crippen LogP) is 2.71. The average Bonchev–Trinajstić information content (AvgIpc) is 2.19. The lowest BCUT2D eigenvalue weighted by molar-refractivity contribution is -0.109. The molecule has 15 heavy (non-hydrogen) atoms. The standard InChI is InChI=1S/C11H16INO2/c1-8(11(14-2)15-3)13-10-6-4-5-9(12)7-10/h4-8,11,13H,1-3H3. The zero-order chi connectivity index (χ0) is 11.3. The van der Waals surface area contributed by atoms with Crippen LogP contribution < -0.4 is 5.32 Å². The first-order valence-electron chi connectivity index (χ1n) is 4.75. The van der Waals surface area contributed by atoms with Crippen molar-refractivity contribution in [2.24, 2.45) is 0 Å². The minimum atomic E-state index is -0.233. The van der Waals surface area contributed by atoms with Crippen LogP contribution in [0.1, 0.15) is 6.92 Å². The minimum Gasteiger partial charge on any atom is -0.377 e. The Morgan fingerprint density at radius 1 is 1.27 bits per heavy atom. The summed E-state index contributed by atoms with van der Waals surface area (Å²) in [5.74, 6) is 0. The van der Waals surface area contributed by atoms with E-state index in [1.165, 1.54) is 3.57 Å². The number of hydrogen-bond donors (Lipinski definition) is 1. The Labute approximate surface area is 104 Å². The predicted molar refractivity (Wildman–Crippen MR) is 70.0 cm³/mol. The lowest BCUT2D eigenvalue weighted by Crippen LogP contribution is -2.33. The normalized spacial score (nSPS) is 12.9. The van der Waals surface area contributed by atoms with Gasteiger partial charge in [0.25, 0.3) is 0 Å². The van der Waals surface area contributed by atoms with Gasteiger partial charge in [0.1, 0.15) is 0 Å². The Balaban J connectivity index is 2.61. The Morgan fingerprint density at radius 2 is 1.93 bits per heavy atom. The van der Waals surface area contributed by atoms with E-state index in [0.717, 1.165) is 5.69 Å². The topological polar surface area (TPSA) is 30.5 Å². The highest BCUT2D eigenvalue weighted by Crippen LogP contribution is 2.14. The summed E-state index contributed by atoms with van der Waals surface area (Å²) in [6.45, 7) is 2.03. The van der Waals surface area contributed by atoms with Crippen LogP contribution in [0.5, 0.6) is 0 Å². The van der Waals surface area contributed by atoms with Crippen molar-refractivity contribution in [2.75, 3.05) is 19.5 Å². The molecule has 0 aliphatic rings. The van der Waals surface area contributed by atoms with E-state index in [1.807, 2.05) is 19.1 Å². The molecule has 0 aliphatic carbocycles. The monoisotopic (exact) mass is 321 g/mol. The number of anilines is 1. The van der Waals surface area contributed by atoms with Gasteiger partial charge in [0.15, 0.2) is 6.29 Å². The Bertz CT molecular complexity index is 302. The Hall–Kier alpha value is -0.330. The molecule has 84 valence electrons. The van der Waals surface area contributed by atoms with E-state index >= 15 is 0 Å². The molecule has 0 spiro atoms. The maximum absolute atomic E-state index is 5.18. The molecule has 0 radical (unpaired) electrons. The fourth-order valence-electron chi connectivity index (χ4n) is 1.41. The van der Waals surface area contributed by atoms with Gasteiger partial charge >= 0.3 is 0 Å². The molecule has 1 rings (SSSR count). The van der Waals surface area contributed by atoms with Gasteiger partial charge in [-0.05, 0) is 47.7 Å². The first kappa shape index (κ1) is 12.7. The van der Waals surface area contributed by atoms with Gasteiger partial charge in [-0.15, -0.1) is 0 Å². The summed E-state index contributed by atoms with van der Waals surface area (Å²) in [6, 6.07) is 8.30. The third kappa shape index (κ3) is 3.96. The van der Waals surface area contributed by atoms with Crippen molar-refractivity contribution in [3.63, 3.8) is 0 Å². The van der Waals surface area contributed by atoms with Crippen LogP contribution in [0.4, 0.5) is 5.69 Å². The molecule has 1 aromatic carbocycles. The molecule has 0 saturated heterocycles. The maximum atomic E-state index is 5.18. The van der Waals surface area contributed by atoms with E-state index in [9.17, 15) is 0 Å². The van der Waals surface area contributed by atoms with E-state index in [1.54, 1.807) is 14.2 Å². The van der Waals surface area contributed by atoms with Gasteiger partial charge in [-0.1, -0.05) is 6.07 Å².